The van der Waals surface area contributed by atoms with Crippen LogP contribution in [0, 0.1) is 22.0 Å². The smallest absolute Gasteiger partial charge is 0.293 e. The van der Waals surface area contributed by atoms with E-state index in [1.807, 2.05) is 0 Å². The van der Waals surface area contributed by atoms with Crippen molar-refractivity contribution >= 4 is 21.2 Å². The zero-order valence-electron chi connectivity index (χ0n) is 13.3. The van der Waals surface area contributed by atoms with Crippen LogP contribution in [0.2, 0.25) is 0 Å². The van der Waals surface area contributed by atoms with Crippen LogP contribution in [0.4, 0.5) is 11.4 Å². The molecule has 3 rings (SSSR count). The number of rotatable bonds is 3. The van der Waals surface area contributed by atoms with Gasteiger partial charge in [0.05, 0.1) is 9.82 Å². The maximum absolute atomic E-state index is 11.6. The van der Waals surface area contributed by atoms with Crippen LogP contribution in [0.15, 0.2) is 23.1 Å². The molecule has 0 spiro atoms. The van der Waals surface area contributed by atoms with Crippen LogP contribution >= 0.6 is 0 Å². The summed E-state index contributed by atoms with van der Waals surface area (Å²) in [7, 11) is -3.45. The van der Waals surface area contributed by atoms with Crippen LogP contribution in [-0.2, 0) is 9.84 Å². The number of sulfone groups is 1. The molecular weight excluding hydrogens is 316 g/mol. The number of hydrogen-bond donors (Lipinski definition) is 0. The molecule has 1 saturated carbocycles. The lowest BCUT2D eigenvalue weighted by atomic mass is 9.75. The lowest BCUT2D eigenvalue weighted by Crippen LogP contribution is -2.42. The summed E-state index contributed by atoms with van der Waals surface area (Å²) < 4.78 is 23.3. The van der Waals surface area contributed by atoms with Crippen LogP contribution in [-0.4, -0.2) is 32.7 Å². The normalized spacial score (nSPS) is 25.0. The highest BCUT2D eigenvalue weighted by Gasteiger charge is 2.33. The predicted molar refractivity (Wildman–Crippen MR) is 88.5 cm³/mol. The van der Waals surface area contributed by atoms with Gasteiger partial charge in [0.25, 0.3) is 5.69 Å². The van der Waals surface area contributed by atoms with Crippen molar-refractivity contribution in [1.29, 1.82) is 0 Å². The van der Waals surface area contributed by atoms with Gasteiger partial charge in [-0.15, -0.1) is 0 Å². The van der Waals surface area contributed by atoms with Gasteiger partial charge in [-0.05, 0) is 36.8 Å². The summed E-state index contributed by atoms with van der Waals surface area (Å²) in [5.41, 5.74) is 0.439. The van der Waals surface area contributed by atoms with Crippen molar-refractivity contribution in [2.75, 3.05) is 24.2 Å². The molecule has 0 aromatic heterocycles. The maximum Gasteiger partial charge on any atom is 0.293 e. The summed E-state index contributed by atoms with van der Waals surface area (Å²) >= 11 is 0. The first-order chi connectivity index (χ1) is 10.9. The molecule has 23 heavy (non-hydrogen) atoms. The van der Waals surface area contributed by atoms with Gasteiger partial charge in [0, 0.05) is 25.4 Å². The lowest BCUT2D eigenvalue weighted by molar-refractivity contribution is -0.384. The lowest BCUT2D eigenvalue weighted by Gasteiger charge is -2.42. The Kier molecular flexibility index (Phi) is 4.31. The number of piperidine rings is 1. The summed E-state index contributed by atoms with van der Waals surface area (Å²) in [6.07, 6.45) is 7.13. The maximum atomic E-state index is 11.6. The average Bonchev–Trinajstić information content (AvgIpc) is 2.53. The Morgan fingerprint density at radius 3 is 2.52 bits per heavy atom. The number of nitro groups is 1. The molecule has 126 valence electrons. The van der Waals surface area contributed by atoms with E-state index in [0.717, 1.165) is 31.7 Å². The molecule has 2 atom stereocenters. The van der Waals surface area contributed by atoms with E-state index in [0.29, 0.717) is 11.6 Å². The zero-order chi connectivity index (χ0) is 16.6. The number of nitro benzene ring substituents is 1. The summed E-state index contributed by atoms with van der Waals surface area (Å²) in [5.74, 6) is 1.35. The number of benzene rings is 1. The second kappa shape index (κ2) is 6.11. The van der Waals surface area contributed by atoms with Gasteiger partial charge in [-0.25, -0.2) is 8.42 Å². The fourth-order valence-corrected chi connectivity index (χ4v) is 4.61. The van der Waals surface area contributed by atoms with Gasteiger partial charge in [-0.3, -0.25) is 10.1 Å². The molecule has 2 unspecified atom stereocenters. The van der Waals surface area contributed by atoms with E-state index in [1.165, 1.54) is 37.8 Å². The van der Waals surface area contributed by atoms with E-state index in [1.54, 1.807) is 6.07 Å². The molecule has 2 fully saturated rings. The van der Waals surface area contributed by atoms with Crippen molar-refractivity contribution in [2.45, 2.75) is 37.0 Å². The van der Waals surface area contributed by atoms with Crippen molar-refractivity contribution < 1.29 is 13.3 Å². The van der Waals surface area contributed by atoms with Crippen molar-refractivity contribution in [2.24, 2.45) is 11.8 Å². The third-order valence-corrected chi connectivity index (χ3v) is 6.31. The second-order valence-corrected chi connectivity index (χ2v) is 8.73. The van der Waals surface area contributed by atoms with E-state index >= 15 is 0 Å². The molecule has 0 bridgehead atoms. The van der Waals surface area contributed by atoms with Crippen LogP contribution in [0.25, 0.3) is 0 Å². The minimum absolute atomic E-state index is 0.000465. The predicted octanol–water partition coefficient (Wildman–Crippen LogP) is 3.01. The molecular formula is C16H22N2O4S. The van der Waals surface area contributed by atoms with Gasteiger partial charge in [-0.2, -0.15) is 0 Å². The number of hydrogen-bond acceptors (Lipinski definition) is 5. The van der Waals surface area contributed by atoms with E-state index in [4.69, 9.17) is 0 Å². The Morgan fingerprint density at radius 2 is 1.87 bits per heavy atom. The van der Waals surface area contributed by atoms with Crippen molar-refractivity contribution in [3.8, 4) is 0 Å². The molecule has 1 aromatic carbocycles. The molecule has 7 heteroatoms. The molecule has 1 heterocycles. The Labute approximate surface area is 136 Å². The van der Waals surface area contributed by atoms with E-state index < -0.39 is 14.8 Å². The Morgan fingerprint density at radius 1 is 1.17 bits per heavy atom. The summed E-state index contributed by atoms with van der Waals surface area (Å²) in [4.78, 5) is 13.0. The molecule has 6 nitrogen and oxygen atoms in total. The third kappa shape index (κ3) is 3.34. The zero-order valence-corrected chi connectivity index (χ0v) is 14.1. The van der Waals surface area contributed by atoms with E-state index in [2.05, 4.69) is 4.90 Å². The highest BCUT2D eigenvalue weighted by Crippen LogP contribution is 2.40. The number of fused-ring (bicyclic) bond motifs is 1. The van der Waals surface area contributed by atoms with Crippen molar-refractivity contribution in [3.05, 3.63) is 28.3 Å². The molecule has 0 amide bonds. The molecule has 1 aliphatic heterocycles. The van der Waals surface area contributed by atoms with E-state index in [-0.39, 0.29) is 10.6 Å². The Hall–Kier alpha value is -1.63. The number of anilines is 1. The standard InChI is InChI=1S/C16H22N2O4S/c1-23(21,22)14-6-7-15(16(10-14)18(19)20)17-9-8-12-4-2-3-5-13(12)11-17/h6-7,10,12-13H,2-5,8-9,11H2,1H3. The van der Waals surface area contributed by atoms with Crippen LogP contribution in [0.3, 0.4) is 0 Å². The van der Waals surface area contributed by atoms with Crippen LogP contribution in [0.1, 0.15) is 32.1 Å². The fraction of sp³-hybridized carbons (Fsp3) is 0.625. The second-order valence-electron chi connectivity index (χ2n) is 6.72. The molecule has 1 aromatic rings. The Bertz CT molecular complexity index is 717. The summed E-state index contributed by atoms with van der Waals surface area (Å²) in [6.45, 7) is 1.64. The minimum Gasteiger partial charge on any atom is -0.366 e. The van der Waals surface area contributed by atoms with Gasteiger partial charge in [0.1, 0.15) is 5.69 Å². The van der Waals surface area contributed by atoms with Gasteiger partial charge in [0.2, 0.25) is 0 Å². The first kappa shape index (κ1) is 16.2. The van der Waals surface area contributed by atoms with Crippen molar-refractivity contribution in [3.63, 3.8) is 0 Å². The highest BCUT2D eigenvalue weighted by molar-refractivity contribution is 7.90. The highest BCUT2D eigenvalue weighted by atomic mass is 32.2. The van der Waals surface area contributed by atoms with Gasteiger partial charge in [0.15, 0.2) is 9.84 Å². The van der Waals surface area contributed by atoms with E-state index in [9.17, 15) is 18.5 Å². The minimum atomic E-state index is -3.45. The molecule has 1 saturated heterocycles. The summed E-state index contributed by atoms with van der Waals surface area (Å²) in [5, 5.41) is 11.4. The first-order valence-corrected chi connectivity index (χ1v) is 9.99. The molecule has 2 aliphatic rings. The number of nitrogens with zero attached hydrogens (tertiary/aromatic N) is 2. The van der Waals surface area contributed by atoms with Crippen LogP contribution in [0.5, 0.6) is 0 Å². The monoisotopic (exact) mass is 338 g/mol. The fourth-order valence-electron chi connectivity index (χ4n) is 3.97. The summed E-state index contributed by atoms with van der Waals surface area (Å²) in [6, 6.07) is 4.26. The average molecular weight is 338 g/mol. The topological polar surface area (TPSA) is 80.5 Å². The van der Waals surface area contributed by atoms with Crippen molar-refractivity contribution in [1.82, 2.24) is 0 Å². The van der Waals surface area contributed by atoms with Gasteiger partial charge < -0.3 is 4.90 Å². The van der Waals surface area contributed by atoms with Gasteiger partial charge in [-0.1, -0.05) is 19.3 Å². The van der Waals surface area contributed by atoms with Gasteiger partial charge >= 0.3 is 0 Å². The Balaban J connectivity index is 1.91. The molecule has 1 aliphatic carbocycles. The SMILES string of the molecule is CS(=O)(=O)c1ccc(N2CCC3CCCCC3C2)c([N+](=O)[O-])c1. The van der Waals surface area contributed by atoms with Crippen LogP contribution < -0.4 is 4.90 Å². The molecule has 0 radical (unpaired) electrons. The quantitative estimate of drug-likeness (QED) is 0.625. The third-order valence-electron chi connectivity index (χ3n) is 5.20. The molecule has 0 N–H and O–H groups in total. The largest absolute Gasteiger partial charge is 0.366 e. The first-order valence-electron chi connectivity index (χ1n) is 8.09.